The number of hydrogen-bond donors (Lipinski definition) is 2. The van der Waals surface area contributed by atoms with Crippen molar-refractivity contribution in [3.05, 3.63) is 71.3 Å². The van der Waals surface area contributed by atoms with Crippen LogP contribution in [-0.2, 0) is 16.1 Å². The minimum Gasteiger partial charge on any atom is -0.484 e. The highest BCUT2D eigenvalue weighted by atomic mass is 16.5. The van der Waals surface area contributed by atoms with E-state index in [1.165, 1.54) is 6.08 Å². The van der Waals surface area contributed by atoms with Crippen LogP contribution in [0.5, 0.6) is 5.75 Å². The van der Waals surface area contributed by atoms with Crippen molar-refractivity contribution in [2.75, 3.05) is 6.61 Å². The Balaban J connectivity index is 1.93. The zero-order valence-electron chi connectivity index (χ0n) is 15.9. The summed E-state index contributed by atoms with van der Waals surface area (Å²) in [7, 11) is 0. The summed E-state index contributed by atoms with van der Waals surface area (Å²) in [5, 5.41) is 14.7. The molecule has 28 heavy (non-hydrogen) atoms. The van der Waals surface area contributed by atoms with Crippen LogP contribution in [0.25, 0.3) is 6.08 Å². The lowest BCUT2D eigenvalue weighted by molar-refractivity contribution is -0.123. The number of carbonyl (C=O) groups is 2. The summed E-state index contributed by atoms with van der Waals surface area (Å²) < 4.78 is 5.41. The second-order valence-corrected chi connectivity index (χ2v) is 6.42. The molecule has 0 aliphatic heterocycles. The van der Waals surface area contributed by atoms with Gasteiger partial charge in [0.1, 0.15) is 17.4 Å². The van der Waals surface area contributed by atoms with Gasteiger partial charge in [-0.1, -0.05) is 42.5 Å². The Labute approximate surface area is 164 Å². The lowest BCUT2D eigenvalue weighted by Gasteiger charge is -2.09. The molecular weight excluding hydrogens is 354 g/mol. The monoisotopic (exact) mass is 377 g/mol. The Kier molecular flexibility index (Phi) is 7.79. The molecule has 2 amide bonds. The summed E-state index contributed by atoms with van der Waals surface area (Å²) in [6, 6.07) is 18.3. The Morgan fingerprint density at radius 1 is 1.11 bits per heavy atom. The highest BCUT2D eigenvalue weighted by Gasteiger charge is 2.09. The highest BCUT2D eigenvalue weighted by molar-refractivity contribution is 6.01. The third-order valence-corrected chi connectivity index (χ3v) is 3.67. The van der Waals surface area contributed by atoms with Gasteiger partial charge in [0.05, 0.1) is 0 Å². The van der Waals surface area contributed by atoms with Crippen LogP contribution in [-0.4, -0.2) is 24.5 Å². The van der Waals surface area contributed by atoms with E-state index in [4.69, 9.17) is 4.74 Å². The molecule has 0 radical (unpaired) electrons. The first-order valence-corrected chi connectivity index (χ1v) is 8.94. The van der Waals surface area contributed by atoms with E-state index in [-0.39, 0.29) is 24.1 Å². The molecule has 0 bridgehead atoms. The van der Waals surface area contributed by atoms with Crippen LogP contribution >= 0.6 is 0 Å². The molecule has 0 aromatic heterocycles. The van der Waals surface area contributed by atoms with Gasteiger partial charge in [0, 0.05) is 12.6 Å². The Hall–Kier alpha value is -3.59. The van der Waals surface area contributed by atoms with E-state index in [1.807, 2.05) is 50.2 Å². The predicted molar refractivity (Wildman–Crippen MR) is 107 cm³/mol. The fourth-order valence-corrected chi connectivity index (χ4v) is 2.36. The number of benzene rings is 2. The molecule has 0 aliphatic rings. The van der Waals surface area contributed by atoms with Crippen LogP contribution < -0.4 is 15.4 Å². The van der Waals surface area contributed by atoms with Crippen molar-refractivity contribution in [1.82, 2.24) is 10.6 Å². The highest BCUT2D eigenvalue weighted by Crippen LogP contribution is 2.14. The van der Waals surface area contributed by atoms with Gasteiger partial charge in [-0.3, -0.25) is 9.59 Å². The zero-order valence-corrected chi connectivity index (χ0v) is 15.9. The second-order valence-electron chi connectivity index (χ2n) is 6.42. The van der Waals surface area contributed by atoms with E-state index in [0.29, 0.717) is 17.9 Å². The maximum atomic E-state index is 12.2. The minimum atomic E-state index is -0.433. The van der Waals surface area contributed by atoms with Crippen LogP contribution in [0.1, 0.15) is 25.0 Å². The summed E-state index contributed by atoms with van der Waals surface area (Å²) in [5.41, 5.74) is 1.66. The third kappa shape index (κ3) is 6.96. The number of amides is 2. The van der Waals surface area contributed by atoms with Gasteiger partial charge in [0.15, 0.2) is 6.61 Å². The number of nitrogens with zero attached hydrogens (tertiary/aromatic N) is 1. The fraction of sp³-hybridized carbons (Fsp3) is 0.227. The second kappa shape index (κ2) is 10.5. The third-order valence-electron chi connectivity index (χ3n) is 3.67. The van der Waals surface area contributed by atoms with Crippen molar-refractivity contribution in [3.8, 4) is 11.8 Å². The molecule has 6 heteroatoms. The van der Waals surface area contributed by atoms with Gasteiger partial charge in [-0.2, -0.15) is 5.26 Å². The molecule has 2 aromatic rings. The van der Waals surface area contributed by atoms with Crippen LogP contribution in [0, 0.1) is 11.3 Å². The van der Waals surface area contributed by atoms with Crippen molar-refractivity contribution in [1.29, 1.82) is 5.26 Å². The SMILES string of the molecule is CC(C)NC(=O)COc1ccc(/C=C(\C#N)C(=O)NCc2ccccc2)cc1. The molecule has 0 saturated carbocycles. The maximum absolute atomic E-state index is 12.2. The van der Waals surface area contributed by atoms with Crippen molar-refractivity contribution in [2.45, 2.75) is 26.4 Å². The first kappa shape index (κ1) is 20.7. The molecule has 0 unspecified atom stereocenters. The van der Waals surface area contributed by atoms with Crippen molar-refractivity contribution < 1.29 is 14.3 Å². The normalized spacial score (nSPS) is 10.9. The average Bonchev–Trinajstić information content (AvgIpc) is 2.70. The molecule has 0 atom stereocenters. The summed E-state index contributed by atoms with van der Waals surface area (Å²) in [6.07, 6.45) is 1.51. The topological polar surface area (TPSA) is 91.2 Å². The lowest BCUT2D eigenvalue weighted by atomic mass is 10.1. The first-order chi connectivity index (χ1) is 13.5. The summed E-state index contributed by atoms with van der Waals surface area (Å²) >= 11 is 0. The summed E-state index contributed by atoms with van der Waals surface area (Å²) in [6.45, 7) is 4.03. The zero-order chi connectivity index (χ0) is 20.4. The van der Waals surface area contributed by atoms with Crippen molar-refractivity contribution >= 4 is 17.9 Å². The summed E-state index contributed by atoms with van der Waals surface area (Å²) in [5.74, 6) is -0.0963. The molecule has 6 nitrogen and oxygen atoms in total. The van der Waals surface area contributed by atoms with Gasteiger partial charge in [-0.15, -0.1) is 0 Å². The molecular formula is C22H23N3O3. The number of nitrogens with one attached hydrogen (secondary N) is 2. The van der Waals surface area contributed by atoms with E-state index >= 15 is 0 Å². The van der Waals surface area contributed by atoms with E-state index in [1.54, 1.807) is 24.3 Å². The number of ether oxygens (including phenoxy) is 1. The van der Waals surface area contributed by atoms with Gasteiger partial charge in [-0.25, -0.2) is 0 Å². The van der Waals surface area contributed by atoms with E-state index in [0.717, 1.165) is 5.56 Å². The molecule has 0 saturated heterocycles. The number of nitriles is 1. The first-order valence-electron chi connectivity index (χ1n) is 8.94. The van der Waals surface area contributed by atoms with Crippen molar-refractivity contribution in [3.63, 3.8) is 0 Å². The van der Waals surface area contributed by atoms with E-state index in [2.05, 4.69) is 10.6 Å². The number of rotatable bonds is 8. The predicted octanol–water partition coefficient (Wildman–Crippen LogP) is 2.81. The molecule has 2 N–H and O–H groups in total. The molecule has 0 spiro atoms. The van der Waals surface area contributed by atoms with Crippen LogP contribution in [0.4, 0.5) is 0 Å². The minimum absolute atomic E-state index is 0.0147. The van der Waals surface area contributed by atoms with E-state index in [9.17, 15) is 14.9 Å². The van der Waals surface area contributed by atoms with Crippen LogP contribution in [0.15, 0.2) is 60.2 Å². The average molecular weight is 377 g/mol. The maximum Gasteiger partial charge on any atom is 0.262 e. The lowest BCUT2D eigenvalue weighted by Crippen LogP contribution is -2.34. The quantitative estimate of drug-likeness (QED) is 0.547. The molecule has 0 heterocycles. The Morgan fingerprint density at radius 3 is 2.39 bits per heavy atom. The van der Waals surface area contributed by atoms with Gasteiger partial charge < -0.3 is 15.4 Å². The standard InChI is InChI=1S/C22H23N3O3/c1-16(2)25-21(26)15-28-20-10-8-17(9-11-20)12-19(13-23)22(27)24-14-18-6-4-3-5-7-18/h3-12,16H,14-15H2,1-2H3,(H,24,27)(H,25,26)/b19-12+. The van der Waals surface area contributed by atoms with Gasteiger partial charge in [0.25, 0.3) is 11.8 Å². The van der Waals surface area contributed by atoms with E-state index < -0.39 is 5.91 Å². The number of hydrogen-bond acceptors (Lipinski definition) is 4. The molecule has 2 aromatic carbocycles. The fourth-order valence-electron chi connectivity index (χ4n) is 2.36. The van der Waals surface area contributed by atoms with Gasteiger partial charge in [0.2, 0.25) is 0 Å². The molecule has 0 fully saturated rings. The molecule has 0 aliphatic carbocycles. The summed E-state index contributed by atoms with van der Waals surface area (Å²) in [4.78, 5) is 23.8. The van der Waals surface area contributed by atoms with Gasteiger partial charge in [-0.05, 0) is 43.2 Å². The molecule has 2 rings (SSSR count). The smallest absolute Gasteiger partial charge is 0.262 e. The Bertz CT molecular complexity index is 866. The largest absolute Gasteiger partial charge is 0.484 e. The molecule has 144 valence electrons. The number of carbonyl (C=O) groups excluding carboxylic acids is 2. The Morgan fingerprint density at radius 2 is 1.79 bits per heavy atom. The van der Waals surface area contributed by atoms with Crippen molar-refractivity contribution in [2.24, 2.45) is 0 Å². The van der Waals surface area contributed by atoms with Gasteiger partial charge >= 0.3 is 0 Å². The van der Waals surface area contributed by atoms with Crippen LogP contribution in [0.3, 0.4) is 0 Å². The van der Waals surface area contributed by atoms with Crippen LogP contribution in [0.2, 0.25) is 0 Å².